The Kier molecular flexibility index (Phi) is 4.56. The monoisotopic (exact) mass is 289 g/mol. The van der Waals surface area contributed by atoms with Gasteiger partial charge in [0.05, 0.1) is 18.8 Å². The third-order valence-electron chi connectivity index (χ3n) is 3.25. The van der Waals surface area contributed by atoms with E-state index in [9.17, 15) is 8.42 Å². The van der Waals surface area contributed by atoms with Gasteiger partial charge < -0.3 is 9.84 Å². The summed E-state index contributed by atoms with van der Waals surface area (Å²) >= 11 is 0. The van der Waals surface area contributed by atoms with E-state index in [0.29, 0.717) is 32.6 Å². The molecule has 0 spiro atoms. The maximum absolute atomic E-state index is 12.4. The fourth-order valence-corrected chi connectivity index (χ4v) is 3.33. The van der Waals surface area contributed by atoms with E-state index in [1.54, 1.807) is 7.05 Å². The van der Waals surface area contributed by atoms with Crippen LogP contribution in [0.15, 0.2) is 17.3 Å². The van der Waals surface area contributed by atoms with Gasteiger partial charge >= 0.3 is 0 Å². The number of likely N-dealkylation sites (N-methyl/N-ethyl adjacent to an activating group) is 1. The van der Waals surface area contributed by atoms with Crippen LogP contribution in [-0.2, 0) is 21.3 Å². The summed E-state index contributed by atoms with van der Waals surface area (Å²) in [4.78, 5) is 0.180. The fraction of sp³-hybridized carbons (Fsp3) is 0.727. The highest BCUT2D eigenvalue weighted by Gasteiger charge is 2.31. The number of aryl methyl sites for hydroxylation is 1. The highest BCUT2D eigenvalue weighted by molar-refractivity contribution is 7.89. The standard InChI is InChI=1S/C11H19N3O4S/c1-13(10-3-6-18-9-10)19(16,17)11-7-12-14(8-11)4-2-5-15/h7-8,10,15H,2-6,9H2,1H3. The van der Waals surface area contributed by atoms with Gasteiger partial charge in [0, 0.05) is 33.0 Å². The lowest BCUT2D eigenvalue weighted by molar-refractivity contribution is 0.181. The van der Waals surface area contributed by atoms with Gasteiger partial charge in [-0.15, -0.1) is 0 Å². The fourth-order valence-electron chi connectivity index (χ4n) is 2.00. The number of nitrogens with zero attached hydrogens (tertiary/aromatic N) is 3. The Labute approximate surface area is 112 Å². The minimum atomic E-state index is -3.52. The molecule has 1 atom stereocenters. The molecule has 1 aromatic heterocycles. The van der Waals surface area contributed by atoms with Crippen LogP contribution in [0.4, 0.5) is 0 Å². The van der Waals surface area contributed by atoms with Crippen LogP contribution in [0, 0.1) is 0 Å². The summed E-state index contributed by atoms with van der Waals surface area (Å²) in [6, 6.07) is -0.106. The minimum Gasteiger partial charge on any atom is -0.396 e. The lowest BCUT2D eigenvalue weighted by Crippen LogP contribution is -2.37. The molecule has 0 aliphatic carbocycles. The number of aliphatic hydroxyl groups is 1. The molecule has 1 N–H and O–H groups in total. The molecule has 0 saturated carbocycles. The van der Waals surface area contributed by atoms with E-state index in [4.69, 9.17) is 9.84 Å². The normalized spacial score (nSPS) is 20.3. The second-order valence-electron chi connectivity index (χ2n) is 4.55. The Bertz CT molecular complexity index is 508. The number of ether oxygens (including phenoxy) is 1. The van der Waals surface area contributed by atoms with Crippen molar-refractivity contribution in [3.05, 3.63) is 12.4 Å². The van der Waals surface area contributed by atoms with Gasteiger partial charge in [-0.1, -0.05) is 0 Å². The predicted octanol–water partition coefficient (Wildman–Crippen LogP) is -0.325. The van der Waals surface area contributed by atoms with E-state index < -0.39 is 10.0 Å². The maximum atomic E-state index is 12.4. The van der Waals surface area contributed by atoms with E-state index in [0.717, 1.165) is 0 Å². The van der Waals surface area contributed by atoms with E-state index >= 15 is 0 Å². The summed E-state index contributed by atoms with van der Waals surface area (Å²) in [5, 5.41) is 12.7. The summed E-state index contributed by atoms with van der Waals surface area (Å²) in [5.41, 5.74) is 0. The van der Waals surface area contributed by atoms with Gasteiger partial charge in [0.15, 0.2) is 0 Å². The number of aromatic nitrogens is 2. The SMILES string of the molecule is CN(C1CCOC1)S(=O)(=O)c1cnn(CCCO)c1. The second kappa shape index (κ2) is 6.00. The summed E-state index contributed by atoms with van der Waals surface area (Å²) in [6.07, 6.45) is 4.11. The zero-order valence-corrected chi connectivity index (χ0v) is 11.7. The molecule has 1 aliphatic rings. The number of aliphatic hydroxyl groups excluding tert-OH is 1. The maximum Gasteiger partial charge on any atom is 0.246 e. The summed E-state index contributed by atoms with van der Waals surface area (Å²) in [7, 11) is -1.95. The van der Waals surface area contributed by atoms with Gasteiger partial charge in [-0.2, -0.15) is 9.40 Å². The molecule has 19 heavy (non-hydrogen) atoms. The Hall–Kier alpha value is -0.960. The van der Waals surface area contributed by atoms with Crippen LogP contribution in [0.3, 0.4) is 0 Å². The Morgan fingerprint density at radius 1 is 1.63 bits per heavy atom. The zero-order chi connectivity index (χ0) is 13.9. The second-order valence-corrected chi connectivity index (χ2v) is 6.55. The lowest BCUT2D eigenvalue weighted by atomic mass is 10.3. The van der Waals surface area contributed by atoms with Crippen LogP contribution in [0.5, 0.6) is 0 Å². The molecule has 8 heteroatoms. The third kappa shape index (κ3) is 3.14. The first-order chi connectivity index (χ1) is 9.05. The molecule has 7 nitrogen and oxygen atoms in total. The smallest absolute Gasteiger partial charge is 0.246 e. The average Bonchev–Trinajstić information content (AvgIpc) is 3.06. The molecule has 0 radical (unpaired) electrons. The first kappa shape index (κ1) is 14.4. The van der Waals surface area contributed by atoms with Crippen molar-refractivity contribution in [2.75, 3.05) is 26.9 Å². The van der Waals surface area contributed by atoms with Crippen molar-refractivity contribution in [3.63, 3.8) is 0 Å². The molecule has 1 unspecified atom stereocenters. The van der Waals surface area contributed by atoms with E-state index in [2.05, 4.69) is 5.10 Å². The summed E-state index contributed by atoms with van der Waals surface area (Å²) in [5.74, 6) is 0. The van der Waals surface area contributed by atoms with Gasteiger partial charge in [-0.3, -0.25) is 4.68 Å². The molecular weight excluding hydrogens is 270 g/mol. The molecule has 1 aliphatic heterocycles. The lowest BCUT2D eigenvalue weighted by Gasteiger charge is -2.21. The van der Waals surface area contributed by atoms with Crippen molar-refractivity contribution in [2.24, 2.45) is 0 Å². The topological polar surface area (TPSA) is 84.7 Å². The number of sulfonamides is 1. The molecule has 0 amide bonds. The van der Waals surface area contributed by atoms with Crippen LogP contribution in [0.2, 0.25) is 0 Å². The van der Waals surface area contributed by atoms with Crippen LogP contribution < -0.4 is 0 Å². The summed E-state index contributed by atoms with van der Waals surface area (Å²) < 4.78 is 32.8. The zero-order valence-electron chi connectivity index (χ0n) is 10.9. The predicted molar refractivity (Wildman–Crippen MR) is 68.1 cm³/mol. The number of rotatable bonds is 6. The molecule has 1 saturated heterocycles. The van der Waals surface area contributed by atoms with Crippen molar-refractivity contribution in [1.29, 1.82) is 0 Å². The van der Waals surface area contributed by atoms with Gasteiger partial charge in [-0.25, -0.2) is 8.42 Å². The summed E-state index contributed by atoms with van der Waals surface area (Å²) in [6.45, 7) is 1.60. The number of hydrogen-bond acceptors (Lipinski definition) is 5. The highest BCUT2D eigenvalue weighted by atomic mass is 32.2. The quantitative estimate of drug-likeness (QED) is 0.775. The number of hydrogen-bond donors (Lipinski definition) is 1. The van der Waals surface area contributed by atoms with E-state index in [1.165, 1.54) is 21.4 Å². The van der Waals surface area contributed by atoms with Gasteiger partial charge in [0.25, 0.3) is 0 Å². The Morgan fingerprint density at radius 3 is 3.05 bits per heavy atom. The molecular formula is C11H19N3O4S. The van der Waals surface area contributed by atoms with Gasteiger partial charge in [0.2, 0.25) is 10.0 Å². The first-order valence-electron chi connectivity index (χ1n) is 6.25. The Morgan fingerprint density at radius 2 is 2.42 bits per heavy atom. The van der Waals surface area contributed by atoms with Crippen molar-refractivity contribution >= 4 is 10.0 Å². The molecule has 2 heterocycles. The highest BCUT2D eigenvalue weighted by Crippen LogP contribution is 2.20. The van der Waals surface area contributed by atoms with Crippen LogP contribution >= 0.6 is 0 Å². The van der Waals surface area contributed by atoms with Crippen molar-refractivity contribution in [3.8, 4) is 0 Å². The first-order valence-corrected chi connectivity index (χ1v) is 7.69. The van der Waals surface area contributed by atoms with Crippen molar-refractivity contribution < 1.29 is 18.3 Å². The van der Waals surface area contributed by atoms with Crippen molar-refractivity contribution in [2.45, 2.75) is 30.3 Å². The average molecular weight is 289 g/mol. The third-order valence-corrected chi connectivity index (χ3v) is 5.11. The minimum absolute atomic E-state index is 0.0568. The van der Waals surface area contributed by atoms with E-state index in [1.807, 2.05) is 0 Å². The van der Waals surface area contributed by atoms with Crippen molar-refractivity contribution in [1.82, 2.24) is 14.1 Å². The molecule has 1 aromatic rings. The van der Waals surface area contributed by atoms with Crippen LogP contribution in [0.25, 0.3) is 0 Å². The van der Waals surface area contributed by atoms with Gasteiger partial charge in [0.1, 0.15) is 4.90 Å². The van der Waals surface area contributed by atoms with E-state index in [-0.39, 0.29) is 17.5 Å². The Balaban J connectivity index is 2.12. The molecule has 2 rings (SSSR count). The van der Waals surface area contributed by atoms with Crippen LogP contribution in [-0.4, -0.2) is 60.5 Å². The largest absolute Gasteiger partial charge is 0.396 e. The van der Waals surface area contributed by atoms with Crippen LogP contribution in [0.1, 0.15) is 12.8 Å². The molecule has 0 bridgehead atoms. The molecule has 0 aromatic carbocycles. The molecule has 1 fully saturated rings. The molecule has 108 valence electrons. The van der Waals surface area contributed by atoms with Gasteiger partial charge in [-0.05, 0) is 12.8 Å².